The molecule has 6 heteroatoms. The summed E-state index contributed by atoms with van der Waals surface area (Å²) < 4.78 is 1.00. The van der Waals surface area contributed by atoms with E-state index in [4.69, 9.17) is 11.6 Å². The first-order valence-electron chi connectivity index (χ1n) is 6.29. The summed E-state index contributed by atoms with van der Waals surface area (Å²) in [6.07, 6.45) is 0. The van der Waals surface area contributed by atoms with Crippen molar-refractivity contribution in [2.24, 2.45) is 0 Å². The van der Waals surface area contributed by atoms with E-state index in [0.717, 1.165) is 15.7 Å². The van der Waals surface area contributed by atoms with Crippen LogP contribution in [0.4, 0.5) is 11.5 Å². The molecule has 21 heavy (non-hydrogen) atoms. The lowest BCUT2D eigenvalue weighted by molar-refractivity contribution is 0.102. The zero-order valence-corrected chi connectivity index (χ0v) is 14.3. The molecule has 2 aromatic rings. The maximum Gasteiger partial charge on any atom is 0.255 e. The summed E-state index contributed by atoms with van der Waals surface area (Å²) >= 11 is 9.39. The standard InChI is InChI=1S/C15H15BrClN3O/c1-9-6-11(4-5-12(9)16)18-15(21)10-7-13(17)19-14(8-10)20(2)3/h4-8H,1-3H3,(H,18,21). The SMILES string of the molecule is Cc1cc(NC(=O)c2cc(Cl)nc(N(C)C)c2)ccc1Br. The van der Waals surface area contributed by atoms with Gasteiger partial charge in [-0.2, -0.15) is 0 Å². The van der Waals surface area contributed by atoms with Crippen LogP contribution in [0.2, 0.25) is 5.15 Å². The monoisotopic (exact) mass is 367 g/mol. The third-order valence-electron chi connectivity index (χ3n) is 2.92. The highest BCUT2D eigenvalue weighted by molar-refractivity contribution is 9.10. The Balaban J connectivity index is 2.25. The van der Waals surface area contributed by atoms with Gasteiger partial charge in [0.05, 0.1) is 0 Å². The van der Waals surface area contributed by atoms with Gasteiger partial charge in [0.1, 0.15) is 11.0 Å². The van der Waals surface area contributed by atoms with Crippen molar-refractivity contribution >= 4 is 44.9 Å². The molecule has 0 saturated heterocycles. The molecular formula is C15H15BrClN3O. The minimum absolute atomic E-state index is 0.218. The lowest BCUT2D eigenvalue weighted by Crippen LogP contribution is -2.15. The predicted octanol–water partition coefficient (Wildman–Crippen LogP) is 4.12. The van der Waals surface area contributed by atoms with E-state index in [1.54, 1.807) is 17.0 Å². The van der Waals surface area contributed by atoms with Gasteiger partial charge < -0.3 is 10.2 Å². The number of nitrogens with one attached hydrogen (secondary N) is 1. The molecule has 1 aromatic carbocycles. The molecule has 0 aliphatic rings. The van der Waals surface area contributed by atoms with Gasteiger partial charge >= 0.3 is 0 Å². The number of carbonyl (C=O) groups is 1. The largest absolute Gasteiger partial charge is 0.363 e. The summed E-state index contributed by atoms with van der Waals surface area (Å²) in [6, 6.07) is 8.89. The smallest absolute Gasteiger partial charge is 0.255 e. The zero-order valence-electron chi connectivity index (χ0n) is 11.9. The van der Waals surface area contributed by atoms with Crippen molar-refractivity contribution in [2.45, 2.75) is 6.92 Å². The summed E-state index contributed by atoms with van der Waals surface area (Å²) in [5.74, 6) is 0.420. The molecule has 0 aliphatic carbocycles. The van der Waals surface area contributed by atoms with E-state index in [1.807, 2.05) is 39.2 Å². The van der Waals surface area contributed by atoms with E-state index in [0.29, 0.717) is 16.5 Å². The number of anilines is 2. The Bertz CT molecular complexity index is 689. The van der Waals surface area contributed by atoms with Crippen molar-refractivity contribution in [3.8, 4) is 0 Å². The summed E-state index contributed by atoms with van der Waals surface area (Å²) in [5.41, 5.74) is 2.26. The average Bonchev–Trinajstić information content (AvgIpc) is 2.42. The number of amides is 1. The van der Waals surface area contributed by atoms with Crippen LogP contribution < -0.4 is 10.2 Å². The number of rotatable bonds is 3. The number of hydrogen-bond acceptors (Lipinski definition) is 3. The number of aromatic nitrogens is 1. The average molecular weight is 369 g/mol. The highest BCUT2D eigenvalue weighted by atomic mass is 79.9. The number of nitrogens with zero attached hydrogens (tertiary/aromatic N) is 2. The lowest BCUT2D eigenvalue weighted by atomic mass is 10.2. The molecule has 0 saturated carbocycles. The number of pyridine rings is 1. The van der Waals surface area contributed by atoms with Crippen LogP contribution in [0.15, 0.2) is 34.8 Å². The van der Waals surface area contributed by atoms with Gasteiger partial charge in [-0.25, -0.2) is 4.98 Å². The van der Waals surface area contributed by atoms with E-state index < -0.39 is 0 Å². The number of halogens is 2. The highest BCUT2D eigenvalue weighted by Crippen LogP contribution is 2.22. The Kier molecular flexibility index (Phi) is 4.85. The summed E-state index contributed by atoms with van der Waals surface area (Å²) in [4.78, 5) is 18.3. The fourth-order valence-corrected chi connectivity index (χ4v) is 2.22. The second kappa shape index (κ2) is 6.45. The fourth-order valence-electron chi connectivity index (χ4n) is 1.77. The minimum atomic E-state index is -0.218. The van der Waals surface area contributed by atoms with Gasteiger partial charge in [-0.15, -0.1) is 0 Å². The topological polar surface area (TPSA) is 45.2 Å². The van der Waals surface area contributed by atoms with Crippen LogP contribution in [0, 0.1) is 6.92 Å². The first kappa shape index (κ1) is 15.8. The van der Waals surface area contributed by atoms with Crippen LogP contribution in [-0.2, 0) is 0 Å². The van der Waals surface area contributed by atoms with E-state index in [9.17, 15) is 4.79 Å². The number of carbonyl (C=O) groups excluding carboxylic acids is 1. The quantitative estimate of drug-likeness (QED) is 0.829. The van der Waals surface area contributed by atoms with E-state index in [1.165, 1.54) is 0 Å². The highest BCUT2D eigenvalue weighted by Gasteiger charge is 2.11. The molecule has 1 amide bonds. The molecular weight excluding hydrogens is 354 g/mol. The van der Waals surface area contributed by atoms with Crippen molar-refractivity contribution in [2.75, 3.05) is 24.3 Å². The summed E-state index contributed by atoms with van der Waals surface area (Å²) in [6.45, 7) is 1.97. The van der Waals surface area contributed by atoms with E-state index in [-0.39, 0.29) is 5.91 Å². The third kappa shape index (κ3) is 3.95. The molecule has 1 aromatic heterocycles. The third-order valence-corrected chi connectivity index (χ3v) is 4.00. The van der Waals surface area contributed by atoms with Gasteiger partial charge in [-0.3, -0.25) is 4.79 Å². The zero-order chi connectivity index (χ0) is 15.6. The minimum Gasteiger partial charge on any atom is -0.363 e. The van der Waals surface area contributed by atoms with Crippen LogP contribution in [-0.4, -0.2) is 25.0 Å². The maximum absolute atomic E-state index is 12.3. The van der Waals surface area contributed by atoms with Gasteiger partial charge in [0.2, 0.25) is 0 Å². The number of aryl methyl sites for hydroxylation is 1. The second-order valence-electron chi connectivity index (χ2n) is 4.85. The predicted molar refractivity (Wildman–Crippen MR) is 90.4 cm³/mol. The van der Waals surface area contributed by atoms with Gasteiger partial charge in [0.25, 0.3) is 5.91 Å². The number of hydrogen-bond donors (Lipinski definition) is 1. The van der Waals surface area contributed by atoms with Crippen LogP contribution in [0.1, 0.15) is 15.9 Å². The molecule has 0 bridgehead atoms. The molecule has 4 nitrogen and oxygen atoms in total. The molecule has 0 unspecified atom stereocenters. The normalized spacial score (nSPS) is 10.3. The fraction of sp³-hybridized carbons (Fsp3) is 0.200. The Hall–Kier alpha value is -1.59. The molecule has 0 radical (unpaired) electrons. The van der Waals surface area contributed by atoms with Crippen molar-refractivity contribution in [3.05, 3.63) is 51.1 Å². The van der Waals surface area contributed by atoms with Gasteiger partial charge in [0.15, 0.2) is 0 Å². The summed E-state index contributed by atoms with van der Waals surface area (Å²) in [7, 11) is 3.69. The molecule has 0 atom stereocenters. The Morgan fingerprint density at radius 1 is 1.29 bits per heavy atom. The van der Waals surface area contributed by atoms with Crippen LogP contribution in [0.5, 0.6) is 0 Å². The molecule has 110 valence electrons. The first-order chi connectivity index (χ1) is 9.86. The van der Waals surface area contributed by atoms with Crippen LogP contribution in [0.3, 0.4) is 0 Å². The molecule has 0 fully saturated rings. The van der Waals surface area contributed by atoms with Crippen LogP contribution in [0.25, 0.3) is 0 Å². The van der Waals surface area contributed by atoms with Crippen molar-refractivity contribution in [1.82, 2.24) is 4.98 Å². The molecule has 2 rings (SSSR count). The summed E-state index contributed by atoms with van der Waals surface area (Å²) in [5, 5.41) is 3.15. The Labute approximate surface area is 137 Å². The Morgan fingerprint density at radius 2 is 2.00 bits per heavy atom. The first-order valence-corrected chi connectivity index (χ1v) is 7.46. The molecule has 1 heterocycles. The van der Waals surface area contributed by atoms with Crippen molar-refractivity contribution in [1.29, 1.82) is 0 Å². The maximum atomic E-state index is 12.3. The van der Waals surface area contributed by atoms with E-state index >= 15 is 0 Å². The molecule has 0 spiro atoms. The second-order valence-corrected chi connectivity index (χ2v) is 6.09. The van der Waals surface area contributed by atoms with Gasteiger partial charge in [-0.1, -0.05) is 27.5 Å². The molecule has 1 N–H and O–H groups in total. The van der Waals surface area contributed by atoms with Gasteiger partial charge in [0, 0.05) is 29.8 Å². The van der Waals surface area contributed by atoms with Gasteiger partial charge in [-0.05, 0) is 42.8 Å². The number of benzene rings is 1. The van der Waals surface area contributed by atoms with Crippen LogP contribution >= 0.6 is 27.5 Å². The lowest BCUT2D eigenvalue weighted by Gasteiger charge is -2.13. The van der Waals surface area contributed by atoms with Crippen molar-refractivity contribution in [3.63, 3.8) is 0 Å². The Morgan fingerprint density at radius 3 is 2.62 bits per heavy atom. The van der Waals surface area contributed by atoms with E-state index in [2.05, 4.69) is 26.2 Å². The van der Waals surface area contributed by atoms with Crippen molar-refractivity contribution < 1.29 is 4.79 Å². The molecule has 0 aliphatic heterocycles.